The molecule has 0 radical (unpaired) electrons. The Hall–Kier alpha value is -1.28. The Kier molecular flexibility index (Phi) is 8.91. The first-order valence-electron chi connectivity index (χ1n) is 6.84. The predicted molar refractivity (Wildman–Crippen MR) is 105 cm³/mol. The molecule has 0 fully saturated rings. The third-order valence-corrected chi connectivity index (χ3v) is 3.75. The zero-order valence-electron chi connectivity index (χ0n) is 12.5. The molecule has 0 atom stereocenters. The van der Waals surface area contributed by atoms with Crippen molar-refractivity contribution in [1.82, 2.24) is 10.3 Å². The Bertz CT molecular complexity index is 572. The molecule has 1 heterocycles. The zero-order valence-corrected chi connectivity index (χ0v) is 15.7. The number of hydrogen-bond donors (Lipinski definition) is 2. The highest BCUT2D eigenvalue weighted by atomic mass is 127. The van der Waals surface area contributed by atoms with Crippen LogP contribution < -0.4 is 11.1 Å². The highest BCUT2D eigenvalue weighted by molar-refractivity contribution is 14.0. The van der Waals surface area contributed by atoms with Crippen LogP contribution in [0.1, 0.15) is 11.3 Å². The molecular formula is C16H21IN4S. The van der Waals surface area contributed by atoms with Crippen molar-refractivity contribution in [2.45, 2.75) is 17.9 Å². The fraction of sp³-hybridized carbons (Fsp3) is 0.250. The molecule has 0 amide bonds. The van der Waals surface area contributed by atoms with Gasteiger partial charge in [-0.2, -0.15) is 0 Å². The fourth-order valence-electron chi connectivity index (χ4n) is 1.83. The van der Waals surface area contributed by atoms with Crippen LogP contribution in [0.2, 0.25) is 0 Å². The summed E-state index contributed by atoms with van der Waals surface area (Å²) in [6.45, 7) is 1.33. The highest BCUT2D eigenvalue weighted by Crippen LogP contribution is 2.15. The van der Waals surface area contributed by atoms with Crippen LogP contribution in [0.5, 0.6) is 0 Å². The van der Waals surface area contributed by atoms with Crippen molar-refractivity contribution in [3.8, 4) is 0 Å². The number of halogens is 1. The maximum atomic E-state index is 5.86. The van der Waals surface area contributed by atoms with Crippen LogP contribution in [-0.4, -0.2) is 23.7 Å². The molecule has 0 unspecified atom stereocenters. The molecule has 0 aliphatic carbocycles. The lowest BCUT2D eigenvalue weighted by Crippen LogP contribution is -2.33. The second-order valence-corrected chi connectivity index (χ2v) is 5.43. The summed E-state index contributed by atoms with van der Waals surface area (Å²) >= 11 is 1.73. The Labute approximate surface area is 153 Å². The smallest absolute Gasteiger partial charge is 0.188 e. The fourth-order valence-corrected chi connectivity index (χ4v) is 2.24. The van der Waals surface area contributed by atoms with E-state index >= 15 is 0 Å². The van der Waals surface area contributed by atoms with Crippen LogP contribution in [0.4, 0.5) is 0 Å². The minimum Gasteiger partial charge on any atom is -0.370 e. The zero-order chi connectivity index (χ0) is 14.9. The molecule has 1 aromatic carbocycles. The third kappa shape index (κ3) is 6.65. The van der Waals surface area contributed by atoms with E-state index in [4.69, 9.17) is 5.73 Å². The van der Waals surface area contributed by atoms with Gasteiger partial charge in [0.05, 0.1) is 6.54 Å². The molecule has 1 aromatic heterocycles. The Morgan fingerprint density at radius 2 is 2.00 bits per heavy atom. The number of nitrogens with one attached hydrogen (secondary N) is 1. The number of hydrogen-bond acceptors (Lipinski definition) is 3. The summed E-state index contributed by atoms with van der Waals surface area (Å²) in [5.74, 6) is 0.472. The van der Waals surface area contributed by atoms with Gasteiger partial charge in [0.1, 0.15) is 0 Å². The summed E-state index contributed by atoms with van der Waals surface area (Å²) < 4.78 is 0. The van der Waals surface area contributed by atoms with E-state index in [2.05, 4.69) is 45.8 Å². The van der Waals surface area contributed by atoms with Gasteiger partial charge < -0.3 is 11.1 Å². The van der Waals surface area contributed by atoms with Gasteiger partial charge in [-0.25, -0.2) is 4.99 Å². The van der Waals surface area contributed by atoms with Gasteiger partial charge in [-0.1, -0.05) is 18.2 Å². The molecule has 0 aliphatic heterocycles. The first-order valence-corrected chi connectivity index (χ1v) is 8.07. The topological polar surface area (TPSA) is 63.3 Å². The van der Waals surface area contributed by atoms with E-state index in [1.54, 1.807) is 18.0 Å². The molecule has 2 aromatic rings. The first kappa shape index (κ1) is 18.8. The lowest BCUT2D eigenvalue weighted by Gasteiger charge is -2.05. The van der Waals surface area contributed by atoms with Crippen molar-refractivity contribution in [2.75, 3.05) is 12.8 Å². The van der Waals surface area contributed by atoms with Crippen LogP contribution in [-0.2, 0) is 13.0 Å². The maximum Gasteiger partial charge on any atom is 0.188 e. The van der Waals surface area contributed by atoms with E-state index in [-0.39, 0.29) is 24.0 Å². The van der Waals surface area contributed by atoms with Crippen LogP contribution >= 0.6 is 35.7 Å². The number of rotatable bonds is 6. The van der Waals surface area contributed by atoms with Crippen LogP contribution in [0.3, 0.4) is 0 Å². The maximum absolute atomic E-state index is 5.86. The van der Waals surface area contributed by atoms with Gasteiger partial charge in [0.25, 0.3) is 0 Å². The summed E-state index contributed by atoms with van der Waals surface area (Å²) in [5.41, 5.74) is 8.06. The lowest BCUT2D eigenvalue weighted by molar-refractivity contribution is 0.827. The summed E-state index contributed by atoms with van der Waals surface area (Å²) in [5, 5.41) is 3.11. The Balaban J connectivity index is 0.00000242. The molecule has 0 bridgehead atoms. The van der Waals surface area contributed by atoms with Crippen molar-refractivity contribution in [3.63, 3.8) is 0 Å². The number of guanidine groups is 1. The number of pyridine rings is 1. The molecule has 3 N–H and O–H groups in total. The highest BCUT2D eigenvalue weighted by Gasteiger charge is 1.96. The molecule has 0 aliphatic rings. The summed E-state index contributed by atoms with van der Waals surface area (Å²) in [7, 11) is 0. The number of nitrogens with two attached hydrogens (primary N) is 1. The molecule has 2 rings (SSSR count). The van der Waals surface area contributed by atoms with E-state index in [9.17, 15) is 0 Å². The number of thioether (sulfide) groups is 1. The van der Waals surface area contributed by atoms with Gasteiger partial charge in [-0.05, 0) is 36.1 Å². The van der Waals surface area contributed by atoms with Crippen molar-refractivity contribution in [3.05, 3.63) is 59.9 Å². The molecule has 0 saturated carbocycles. The van der Waals surface area contributed by atoms with Gasteiger partial charge in [0.2, 0.25) is 0 Å². The van der Waals surface area contributed by atoms with Crippen LogP contribution in [0.25, 0.3) is 0 Å². The van der Waals surface area contributed by atoms with Gasteiger partial charge in [0.15, 0.2) is 5.96 Å². The number of nitrogens with zero attached hydrogens (tertiary/aromatic N) is 2. The second-order valence-electron chi connectivity index (χ2n) is 4.55. The van der Waals surface area contributed by atoms with E-state index in [0.717, 1.165) is 24.2 Å². The number of benzene rings is 1. The normalized spacial score (nSPS) is 10.9. The first-order chi connectivity index (χ1) is 10.3. The second kappa shape index (κ2) is 10.4. The minimum atomic E-state index is 0. The number of aromatic nitrogens is 1. The van der Waals surface area contributed by atoms with E-state index < -0.39 is 0 Å². The molecular weight excluding hydrogens is 407 g/mol. The molecule has 118 valence electrons. The number of aliphatic imine (C=N–C) groups is 1. The summed E-state index contributed by atoms with van der Waals surface area (Å²) in [4.78, 5) is 9.85. The van der Waals surface area contributed by atoms with Gasteiger partial charge in [-0.15, -0.1) is 35.7 Å². The van der Waals surface area contributed by atoms with Gasteiger partial charge in [-0.3, -0.25) is 4.98 Å². The molecule has 6 heteroatoms. The molecule has 0 spiro atoms. The standard InChI is InChI=1S/C16H20N4S.HI/c1-21-15-7-5-13(6-8-15)12-20-16(17)19-11-9-14-4-2-3-10-18-14;/h2-8,10H,9,11-12H2,1H3,(H3,17,19,20);1H. The SMILES string of the molecule is CSc1ccc(CN=C(N)NCCc2ccccn2)cc1.I. The van der Waals surface area contributed by atoms with E-state index in [0.29, 0.717) is 12.5 Å². The quantitative estimate of drug-likeness (QED) is 0.321. The molecule has 0 saturated heterocycles. The van der Waals surface area contributed by atoms with Gasteiger partial charge >= 0.3 is 0 Å². The van der Waals surface area contributed by atoms with Crippen LogP contribution in [0, 0.1) is 0 Å². The van der Waals surface area contributed by atoms with Crippen molar-refractivity contribution < 1.29 is 0 Å². The summed E-state index contributed by atoms with van der Waals surface area (Å²) in [6.07, 6.45) is 4.70. The van der Waals surface area contributed by atoms with E-state index in [1.165, 1.54) is 4.90 Å². The van der Waals surface area contributed by atoms with Crippen molar-refractivity contribution in [1.29, 1.82) is 0 Å². The lowest BCUT2D eigenvalue weighted by atomic mass is 10.2. The average molecular weight is 428 g/mol. The monoisotopic (exact) mass is 428 g/mol. The minimum absolute atomic E-state index is 0. The third-order valence-electron chi connectivity index (χ3n) is 3.00. The predicted octanol–water partition coefficient (Wildman–Crippen LogP) is 3.07. The Morgan fingerprint density at radius 1 is 1.23 bits per heavy atom. The van der Waals surface area contributed by atoms with Crippen molar-refractivity contribution in [2.24, 2.45) is 10.7 Å². The van der Waals surface area contributed by atoms with Gasteiger partial charge in [0, 0.05) is 29.8 Å². The van der Waals surface area contributed by atoms with Crippen LogP contribution in [0.15, 0.2) is 58.5 Å². The molecule has 4 nitrogen and oxygen atoms in total. The average Bonchev–Trinajstić information content (AvgIpc) is 2.54. The largest absolute Gasteiger partial charge is 0.370 e. The summed E-state index contributed by atoms with van der Waals surface area (Å²) in [6, 6.07) is 14.3. The van der Waals surface area contributed by atoms with E-state index in [1.807, 2.05) is 18.2 Å². The molecule has 22 heavy (non-hydrogen) atoms. The Morgan fingerprint density at radius 3 is 2.64 bits per heavy atom. The van der Waals surface area contributed by atoms with Crippen molar-refractivity contribution >= 4 is 41.7 Å².